The van der Waals surface area contributed by atoms with Crippen molar-refractivity contribution in [3.63, 3.8) is 0 Å². The van der Waals surface area contributed by atoms with Crippen LogP contribution in [0, 0.1) is 0 Å². The molecular formula is C33H22Cl2N2O2S. The van der Waals surface area contributed by atoms with Gasteiger partial charge in [0.05, 0.1) is 16.3 Å². The maximum Gasteiger partial charge on any atom is 0.271 e. The van der Waals surface area contributed by atoms with Gasteiger partial charge in [0.2, 0.25) is 0 Å². The molecule has 0 radical (unpaired) electrons. The zero-order valence-electron chi connectivity index (χ0n) is 21.1. The topological polar surface area (TPSA) is 41.9 Å². The lowest BCUT2D eigenvalue weighted by Crippen LogP contribution is -2.28. The van der Waals surface area contributed by atoms with Crippen LogP contribution in [-0.2, 0) is 11.4 Å². The van der Waals surface area contributed by atoms with Gasteiger partial charge in [-0.3, -0.25) is 9.69 Å². The Balaban J connectivity index is 1.23. The monoisotopic (exact) mass is 580 g/mol. The molecule has 0 atom stereocenters. The molecule has 0 spiro atoms. The minimum atomic E-state index is -0.156. The van der Waals surface area contributed by atoms with Crippen LogP contribution in [0.25, 0.3) is 16.8 Å². The van der Waals surface area contributed by atoms with Crippen molar-refractivity contribution in [2.24, 2.45) is 4.99 Å². The second-order valence-corrected chi connectivity index (χ2v) is 11.0. The van der Waals surface area contributed by atoms with Gasteiger partial charge in [-0.1, -0.05) is 77.8 Å². The molecular weight excluding hydrogens is 559 g/mol. The molecule has 1 aliphatic rings. The van der Waals surface area contributed by atoms with Gasteiger partial charge in [0, 0.05) is 10.0 Å². The van der Waals surface area contributed by atoms with Gasteiger partial charge in [0.15, 0.2) is 5.17 Å². The molecule has 1 aliphatic heterocycles. The van der Waals surface area contributed by atoms with Gasteiger partial charge in [-0.25, -0.2) is 4.99 Å². The molecule has 1 saturated heterocycles. The standard InChI is InChI=1S/C33H22Cl2N2O2S/c34-25-10-14-27(15-11-25)36-33-37(28-16-12-26(35)13-17-28)32(38)31(40-33)20-22-8-18-29(19-9-22)39-21-24-6-3-5-23-4-1-2-7-30(23)24/h1-20H,21H2/b31-20-,36-33?. The number of thioether (sulfide) groups is 1. The Morgan fingerprint density at radius 3 is 2.20 bits per heavy atom. The van der Waals surface area contributed by atoms with Crippen LogP contribution in [0.4, 0.5) is 11.4 Å². The first-order valence-corrected chi connectivity index (χ1v) is 14.1. The van der Waals surface area contributed by atoms with Gasteiger partial charge in [0.1, 0.15) is 12.4 Å². The van der Waals surface area contributed by atoms with Crippen molar-refractivity contribution in [3.8, 4) is 5.75 Å². The lowest BCUT2D eigenvalue weighted by Gasteiger charge is -2.15. The lowest BCUT2D eigenvalue weighted by molar-refractivity contribution is -0.113. The van der Waals surface area contributed by atoms with Crippen LogP contribution in [-0.4, -0.2) is 11.1 Å². The van der Waals surface area contributed by atoms with Crippen molar-refractivity contribution in [1.82, 2.24) is 0 Å². The molecule has 1 heterocycles. The Hall–Kier alpha value is -4.03. The molecule has 196 valence electrons. The maximum atomic E-state index is 13.6. The van der Waals surface area contributed by atoms with Crippen molar-refractivity contribution < 1.29 is 9.53 Å². The maximum absolute atomic E-state index is 13.6. The van der Waals surface area contributed by atoms with Crippen molar-refractivity contribution in [3.05, 3.63) is 141 Å². The molecule has 0 saturated carbocycles. The number of amidine groups is 1. The van der Waals surface area contributed by atoms with Crippen molar-refractivity contribution in [2.45, 2.75) is 6.61 Å². The van der Waals surface area contributed by atoms with E-state index in [2.05, 4.69) is 24.3 Å². The molecule has 0 unspecified atom stereocenters. The molecule has 0 aliphatic carbocycles. The second-order valence-electron chi connectivity index (χ2n) is 9.09. The summed E-state index contributed by atoms with van der Waals surface area (Å²) in [4.78, 5) is 20.5. The predicted octanol–water partition coefficient (Wildman–Crippen LogP) is 9.53. The average Bonchev–Trinajstić information content (AvgIpc) is 3.28. The summed E-state index contributed by atoms with van der Waals surface area (Å²) in [6, 6.07) is 36.6. The van der Waals surface area contributed by atoms with Crippen LogP contribution in [0.1, 0.15) is 11.1 Å². The highest BCUT2D eigenvalue weighted by atomic mass is 35.5. The first-order valence-electron chi connectivity index (χ1n) is 12.6. The Bertz CT molecular complexity index is 1740. The Labute approximate surface area is 246 Å². The Morgan fingerprint density at radius 1 is 0.775 bits per heavy atom. The predicted molar refractivity (Wildman–Crippen MR) is 168 cm³/mol. The van der Waals surface area contributed by atoms with Crippen LogP contribution < -0.4 is 9.64 Å². The minimum Gasteiger partial charge on any atom is -0.489 e. The number of anilines is 1. The number of nitrogens with zero attached hydrogens (tertiary/aromatic N) is 2. The molecule has 6 rings (SSSR count). The fourth-order valence-electron chi connectivity index (χ4n) is 4.38. The molecule has 5 aromatic rings. The molecule has 0 aromatic heterocycles. The third-order valence-electron chi connectivity index (χ3n) is 6.39. The fraction of sp³-hybridized carbons (Fsp3) is 0.0303. The third-order valence-corrected chi connectivity index (χ3v) is 7.87. The van der Waals surface area contributed by atoms with Crippen molar-refractivity contribution in [2.75, 3.05) is 4.90 Å². The highest BCUT2D eigenvalue weighted by Gasteiger charge is 2.34. The molecule has 1 amide bonds. The van der Waals surface area contributed by atoms with Gasteiger partial charge in [-0.05, 0) is 100 Å². The second kappa shape index (κ2) is 11.6. The molecule has 4 nitrogen and oxygen atoms in total. The SMILES string of the molecule is O=C1/C(=C/c2ccc(OCc3cccc4ccccc34)cc2)SC(=Nc2ccc(Cl)cc2)N1c1ccc(Cl)cc1. The number of carbonyl (C=O) groups is 1. The van der Waals surface area contributed by atoms with Crippen molar-refractivity contribution >= 4 is 74.3 Å². The summed E-state index contributed by atoms with van der Waals surface area (Å²) in [5.74, 6) is 0.601. The summed E-state index contributed by atoms with van der Waals surface area (Å²) in [6.07, 6.45) is 1.87. The summed E-state index contributed by atoms with van der Waals surface area (Å²) in [7, 11) is 0. The van der Waals surface area contributed by atoms with Gasteiger partial charge < -0.3 is 4.74 Å². The number of amides is 1. The smallest absolute Gasteiger partial charge is 0.271 e. The summed E-state index contributed by atoms with van der Waals surface area (Å²) in [5, 5.41) is 4.15. The fourth-order valence-corrected chi connectivity index (χ4v) is 5.64. The molecule has 7 heteroatoms. The van der Waals surface area contributed by atoms with Crippen LogP contribution >= 0.6 is 35.0 Å². The highest BCUT2D eigenvalue weighted by Crippen LogP contribution is 2.38. The number of rotatable bonds is 6. The number of halogens is 2. The minimum absolute atomic E-state index is 0.156. The van der Waals surface area contributed by atoms with E-state index >= 15 is 0 Å². The molecule has 0 bridgehead atoms. The van der Waals surface area contributed by atoms with E-state index in [1.54, 1.807) is 29.2 Å². The van der Waals surface area contributed by atoms with Gasteiger partial charge in [-0.2, -0.15) is 0 Å². The number of ether oxygens (including phenoxy) is 1. The largest absolute Gasteiger partial charge is 0.489 e. The van der Waals surface area contributed by atoms with Crippen LogP contribution in [0.3, 0.4) is 0 Å². The van der Waals surface area contributed by atoms with Gasteiger partial charge in [0.25, 0.3) is 5.91 Å². The summed E-state index contributed by atoms with van der Waals surface area (Å²) >= 11 is 13.5. The van der Waals surface area contributed by atoms with Crippen LogP contribution in [0.2, 0.25) is 10.0 Å². The average molecular weight is 582 g/mol. The normalized spacial score (nSPS) is 15.3. The van der Waals surface area contributed by atoms with Crippen LogP contribution in [0.5, 0.6) is 5.75 Å². The van der Waals surface area contributed by atoms with E-state index in [9.17, 15) is 4.79 Å². The zero-order valence-corrected chi connectivity index (χ0v) is 23.5. The van der Waals surface area contributed by atoms with Gasteiger partial charge in [-0.15, -0.1) is 0 Å². The zero-order chi connectivity index (χ0) is 27.5. The quantitative estimate of drug-likeness (QED) is 0.188. The third kappa shape index (κ3) is 5.77. The number of benzene rings is 5. The molecule has 0 N–H and O–H groups in total. The van der Waals surface area contributed by atoms with E-state index in [1.165, 1.54) is 22.5 Å². The Kier molecular flexibility index (Phi) is 7.60. The molecule has 1 fully saturated rings. The van der Waals surface area contributed by atoms with E-state index < -0.39 is 0 Å². The van der Waals surface area contributed by atoms with E-state index in [4.69, 9.17) is 32.9 Å². The number of aliphatic imine (C=N–C) groups is 1. The lowest BCUT2D eigenvalue weighted by atomic mass is 10.1. The number of hydrogen-bond donors (Lipinski definition) is 0. The number of hydrogen-bond acceptors (Lipinski definition) is 4. The molecule has 5 aromatic carbocycles. The van der Waals surface area contributed by atoms with E-state index in [-0.39, 0.29) is 5.91 Å². The molecule has 40 heavy (non-hydrogen) atoms. The first kappa shape index (κ1) is 26.2. The number of fused-ring (bicyclic) bond motifs is 1. The Morgan fingerprint density at radius 2 is 1.45 bits per heavy atom. The van der Waals surface area contributed by atoms with E-state index in [0.29, 0.717) is 38.1 Å². The first-order chi connectivity index (χ1) is 19.5. The summed E-state index contributed by atoms with van der Waals surface area (Å²) in [6.45, 7) is 0.469. The summed E-state index contributed by atoms with van der Waals surface area (Å²) < 4.78 is 6.08. The van der Waals surface area contributed by atoms with Gasteiger partial charge >= 0.3 is 0 Å². The highest BCUT2D eigenvalue weighted by molar-refractivity contribution is 8.19. The number of carbonyl (C=O) groups excluding carboxylic acids is 1. The van der Waals surface area contributed by atoms with Crippen LogP contribution in [0.15, 0.2) is 125 Å². The van der Waals surface area contributed by atoms with E-state index in [0.717, 1.165) is 16.9 Å². The summed E-state index contributed by atoms with van der Waals surface area (Å²) in [5.41, 5.74) is 3.41. The van der Waals surface area contributed by atoms with E-state index in [1.807, 2.05) is 72.8 Å². The van der Waals surface area contributed by atoms with Crippen molar-refractivity contribution in [1.29, 1.82) is 0 Å².